The lowest BCUT2D eigenvalue weighted by atomic mass is 9.69. The summed E-state index contributed by atoms with van der Waals surface area (Å²) < 4.78 is 47.5. The lowest BCUT2D eigenvalue weighted by Crippen LogP contribution is -2.35. The molecule has 1 aliphatic carbocycles. The van der Waals surface area contributed by atoms with E-state index in [2.05, 4.69) is 24.9 Å². The van der Waals surface area contributed by atoms with Gasteiger partial charge in [0.2, 0.25) is 0 Å². The van der Waals surface area contributed by atoms with Gasteiger partial charge in [0.15, 0.2) is 5.82 Å². The van der Waals surface area contributed by atoms with Crippen molar-refractivity contribution in [3.05, 3.63) is 48.7 Å². The van der Waals surface area contributed by atoms with E-state index in [-0.39, 0.29) is 23.1 Å². The van der Waals surface area contributed by atoms with Gasteiger partial charge in [0, 0.05) is 42.7 Å². The summed E-state index contributed by atoms with van der Waals surface area (Å²) in [5.41, 5.74) is 7.23. The van der Waals surface area contributed by atoms with Crippen molar-refractivity contribution in [3.8, 4) is 17.1 Å². The smallest absolute Gasteiger partial charge is 0.466 e. The van der Waals surface area contributed by atoms with Gasteiger partial charge in [0.1, 0.15) is 23.2 Å². The van der Waals surface area contributed by atoms with Gasteiger partial charge >= 0.3 is 12.3 Å². The Hall–Kier alpha value is -4.09. The zero-order valence-corrected chi connectivity index (χ0v) is 22.1. The Morgan fingerprint density at radius 2 is 2.02 bits per heavy atom. The summed E-state index contributed by atoms with van der Waals surface area (Å²) in [5.74, 6) is 0.931. The number of anilines is 4. The van der Waals surface area contributed by atoms with Crippen LogP contribution in [0.1, 0.15) is 39.0 Å². The second-order valence-electron chi connectivity index (χ2n) is 10.3. The molecular weight excluding hydrogens is 525 g/mol. The van der Waals surface area contributed by atoms with E-state index in [9.17, 15) is 18.0 Å². The van der Waals surface area contributed by atoms with E-state index in [4.69, 9.17) is 15.5 Å². The fourth-order valence-electron chi connectivity index (χ4n) is 5.69. The SMILES string of the molecule is CCOC(=O)C1CCCC2(CCN(c3cc(Nc4cc(OC(F)(F)F)ccn4)nc(-c4cccc(N)c4)n3)C2)C1. The third-order valence-electron chi connectivity index (χ3n) is 7.40. The number of carbonyl (C=O) groups is 1. The first-order valence-electron chi connectivity index (χ1n) is 13.3. The summed E-state index contributed by atoms with van der Waals surface area (Å²) in [5, 5.41) is 3.00. The van der Waals surface area contributed by atoms with Crippen LogP contribution in [0.15, 0.2) is 48.7 Å². The maximum absolute atomic E-state index is 12.7. The summed E-state index contributed by atoms with van der Waals surface area (Å²) in [6.45, 7) is 3.66. The van der Waals surface area contributed by atoms with Gasteiger partial charge in [-0.3, -0.25) is 4.79 Å². The van der Waals surface area contributed by atoms with Crippen LogP contribution in [0.4, 0.5) is 36.3 Å². The van der Waals surface area contributed by atoms with E-state index in [1.807, 2.05) is 13.0 Å². The van der Waals surface area contributed by atoms with Crippen molar-refractivity contribution in [2.24, 2.45) is 11.3 Å². The highest BCUT2D eigenvalue weighted by Gasteiger charge is 2.44. The molecule has 2 aromatic heterocycles. The van der Waals surface area contributed by atoms with Crippen molar-refractivity contribution in [1.29, 1.82) is 0 Å². The number of halogens is 3. The van der Waals surface area contributed by atoms with Crippen molar-refractivity contribution in [2.75, 3.05) is 35.6 Å². The quantitative estimate of drug-likeness (QED) is 0.279. The summed E-state index contributed by atoms with van der Waals surface area (Å²) in [6.07, 6.45) is 0.915. The van der Waals surface area contributed by atoms with Gasteiger partial charge in [-0.25, -0.2) is 15.0 Å². The molecule has 1 saturated heterocycles. The van der Waals surface area contributed by atoms with Gasteiger partial charge < -0.3 is 25.4 Å². The van der Waals surface area contributed by atoms with Gasteiger partial charge in [-0.1, -0.05) is 18.6 Å². The van der Waals surface area contributed by atoms with Crippen LogP contribution < -0.4 is 20.7 Å². The molecule has 2 atom stereocenters. The number of hydrogen-bond acceptors (Lipinski definition) is 9. The van der Waals surface area contributed by atoms with E-state index in [1.54, 1.807) is 24.3 Å². The Morgan fingerprint density at radius 3 is 2.80 bits per heavy atom. The maximum atomic E-state index is 12.7. The number of aromatic nitrogens is 3. The van der Waals surface area contributed by atoms with Gasteiger partial charge in [0.25, 0.3) is 0 Å². The molecule has 5 rings (SSSR count). The minimum Gasteiger partial charge on any atom is -0.466 e. The highest BCUT2D eigenvalue weighted by atomic mass is 19.4. The van der Waals surface area contributed by atoms with Gasteiger partial charge in [-0.2, -0.15) is 0 Å². The highest BCUT2D eigenvalue weighted by Crippen LogP contribution is 2.47. The second kappa shape index (κ2) is 11.2. The van der Waals surface area contributed by atoms with Crippen molar-refractivity contribution in [2.45, 2.75) is 45.4 Å². The monoisotopic (exact) mass is 556 g/mol. The Morgan fingerprint density at radius 1 is 1.18 bits per heavy atom. The molecule has 12 heteroatoms. The Labute approximate surface area is 229 Å². The van der Waals surface area contributed by atoms with Crippen LogP contribution in [0.5, 0.6) is 5.75 Å². The normalized spacial score (nSPS) is 20.9. The average Bonchev–Trinajstić information content (AvgIpc) is 3.31. The first-order chi connectivity index (χ1) is 19.1. The maximum Gasteiger partial charge on any atom is 0.573 e. The number of benzene rings is 1. The molecule has 1 saturated carbocycles. The molecule has 1 spiro atoms. The number of nitrogens with zero attached hydrogens (tertiary/aromatic N) is 4. The number of esters is 1. The number of alkyl halides is 3. The predicted molar refractivity (Wildman–Crippen MR) is 144 cm³/mol. The summed E-state index contributed by atoms with van der Waals surface area (Å²) in [4.78, 5) is 28.2. The molecular formula is C28H31F3N6O3. The minimum atomic E-state index is -4.82. The molecule has 40 heavy (non-hydrogen) atoms. The summed E-state index contributed by atoms with van der Waals surface area (Å²) in [6, 6.07) is 11.2. The summed E-state index contributed by atoms with van der Waals surface area (Å²) in [7, 11) is 0. The zero-order valence-electron chi connectivity index (χ0n) is 22.1. The minimum absolute atomic E-state index is 0.0175. The Bertz CT molecular complexity index is 1370. The molecule has 2 fully saturated rings. The number of rotatable bonds is 7. The molecule has 9 nitrogen and oxygen atoms in total. The molecule has 2 unspecified atom stereocenters. The van der Waals surface area contributed by atoms with Crippen LogP contribution >= 0.6 is 0 Å². The molecule has 0 bridgehead atoms. The number of pyridine rings is 1. The van der Waals surface area contributed by atoms with Gasteiger partial charge in [-0.15, -0.1) is 13.2 Å². The average molecular weight is 557 g/mol. The number of hydrogen-bond donors (Lipinski definition) is 2. The van der Waals surface area contributed by atoms with E-state index in [0.717, 1.165) is 57.3 Å². The number of nitrogen functional groups attached to an aromatic ring is 1. The van der Waals surface area contributed by atoms with Crippen LogP contribution in [0.2, 0.25) is 0 Å². The van der Waals surface area contributed by atoms with E-state index >= 15 is 0 Å². The largest absolute Gasteiger partial charge is 0.573 e. The molecule has 212 valence electrons. The van der Waals surface area contributed by atoms with Gasteiger partial charge in [0.05, 0.1) is 12.5 Å². The van der Waals surface area contributed by atoms with Gasteiger partial charge in [-0.05, 0) is 56.2 Å². The van der Waals surface area contributed by atoms with Crippen molar-refractivity contribution in [1.82, 2.24) is 15.0 Å². The second-order valence-corrected chi connectivity index (χ2v) is 10.3. The van der Waals surface area contributed by atoms with E-state index in [1.165, 1.54) is 6.20 Å². The van der Waals surface area contributed by atoms with Crippen LogP contribution in [-0.2, 0) is 9.53 Å². The van der Waals surface area contributed by atoms with Crippen LogP contribution in [0.25, 0.3) is 11.4 Å². The fourth-order valence-corrected chi connectivity index (χ4v) is 5.69. The molecule has 3 N–H and O–H groups in total. The van der Waals surface area contributed by atoms with Crippen LogP contribution in [0, 0.1) is 11.3 Å². The van der Waals surface area contributed by atoms with Crippen molar-refractivity contribution in [3.63, 3.8) is 0 Å². The summed E-state index contributed by atoms with van der Waals surface area (Å²) >= 11 is 0. The van der Waals surface area contributed by atoms with Crippen molar-refractivity contribution < 1.29 is 27.4 Å². The topological polar surface area (TPSA) is 115 Å². The molecule has 3 heterocycles. The molecule has 0 amide bonds. The third kappa shape index (κ3) is 6.54. The Balaban J connectivity index is 1.43. The standard InChI is InChI=1S/C28H31F3N6O3/c1-2-39-26(38)19-6-4-9-27(16-19)10-12-37(17-27)24-15-23(35-25(36-24)18-5-3-7-20(32)13-18)34-22-14-21(8-11-33-22)40-28(29,30)31/h3,5,7-8,11,13-15,19H,2,4,6,9-10,12,16-17,32H2,1H3,(H,33,34,35,36). The molecule has 1 aromatic carbocycles. The lowest BCUT2D eigenvalue weighted by molar-refractivity contribution is -0.274. The van der Waals surface area contributed by atoms with E-state index < -0.39 is 12.1 Å². The third-order valence-corrected chi connectivity index (χ3v) is 7.40. The Kier molecular flexibility index (Phi) is 7.68. The molecule has 0 radical (unpaired) electrons. The number of nitrogens with one attached hydrogen (secondary N) is 1. The highest BCUT2D eigenvalue weighted by molar-refractivity contribution is 5.72. The predicted octanol–water partition coefficient (Wildman–Crippen LogP) is 5.71. The number of nitrogens with two attached hydrogens (primary N) is 1. The number of carbonyl (C=O) groups excluding carboxylic acids is 1. The van der Waals surface area contributed by atoms with Crippen LogP contribution in [0.3, 0.4) is 0 Å². The molecule has 2 aliphatic rings. The molecule has 1 aliphatic heterocycles. The van der Waals surface area contributed by atoms with Crippen molar-refractivity contribution >= 4 is 29.1 Å². The first kappa shape index (κ1) is 27.5. The fraction of sp³-hybridized carbons (Fsp3) is 0.429. The van der Waals surface area contributed by atoms with E-state index in [0.29, 0.717) is 35.3 Å². The first-order valence-corrected chi connectivity index (χ1v) is 13.3. The zero-order chi connectivity index (χ0) is 28.3. The lowest BCUT2D eigenvalue weighted by Gasteiger charge is -2.37. The number of ether oxygens (including phenoxy) is 2. The van der Waals surface area contributed by atoms with Crippen LogP contribution in [-0.4, -0.2) is 47.0 Å². The molecule has 3 aromatic rings.